The molecule has 0 radical (unpaired) electrons. The maximum atomic E-state index is 2.37. The fourth-order valence-electron chi connectivity index (χ4n) is 1.38. The van der Waals surface area contributed by atoms with E-state index in [4.69, 9.17) is 0 Å². The molecule has 0 aromatic heterocycles. The normalized spacial score (nSPS) is 11.4. The zero-order chi connectivity index (χ0) is 10.5. The lowest BCUT2D eigenvalue weighted by molar-refractivity contribution is 1.64. The van der Waals surface area contributed by atoms with Crippen LogP contribution in [0.25, 0.3) is 9.66 Å². The van der Waals surface area contributed by atoms with E-state index in [2.05, 4.69) is 77.2 Å². The van der Waals surface area contributed by atoms with Crippen LogP contribution in [0, 0.1) is 0 Å². The van der Waals surface area contributed by atoms with E-state index in [1.165, 1.54) is 14.7 Å². The Morgan fingerprint density at radius 2 is 1.33 bits per heavy atom. The lowest BCUT2D eigenvalue weighted by atomic mass is 10.1. The molecule has 74 valence electrons. The van der Waals surface area contributed by atoms with Gasteiger partial charge in [-0.3, -0.25) is 0 Å². The first-order valence-electron chi connectivity index (χ1n) is 4.84. The average molecular weight is 306 g/mol. The number of benzene rings is 2. The molecule has 0 unspecified atom stereocenters. The summed E-state index contributed by atoms with van der Waals surface area (Å²) < 4.78 is 1.26. The Morgan fingerprint density at radius 3 is 1.93 bits per heavy atom. The largest absolute Gasteiger partial charge is 0.0622 e. The van der Waals surface area contributed by atoms with Crippen LogP contribution in [0.1, 0.15) is 11.1 Å². The lowest BCUT2D eigenvalue weighted by Gasteiger charge is -1.99. The minimum Gasteiger partial charge on any atom is -0.0622 e. The van der Waals surface area contributed by atoms with Gasteiger partial charge in [0.1, 0.15) is 0 Å². The van der Waals surface area contributed by atoms with Gasteiger partial charge in [-0.15, -0.1) is 0 Å². The van der Waals surface area contributed by atoms with E-state index in [-0.39, 0.29) is 0 Å². The van der Waals surface area contributed by atoms with Crippen LogP contribution in [0.3, 0.4) is 0 Å². The standard InChI is InChI=1S/C14H11I/c15-14(13-9-5-2-6-10-13)11-12-7-3-1-4-8-12/h1-11H/b14-11+. The van der Waals surface area contributed by atoms with E-state index < -0.39 is 0 Å². The first-order valence-corrected chi connectivity index (χ1v) is 5.92. The SMILES string of the molecule is I/C(=C/c1ccccc1)c1ccccc1. The number of halogens is 1. The van der Waals surface area contributed by atoms with Crippen LogP contribution in [0.15, 0.2) is 60.7 Å². The average Bonchev–Trinajstić information content (AvgIpc) is 2.31. The van der Waals surface area contributed by atoms with Crippen molar-refractivity contribution >= 4 is 32.2 Å². The molecular formula is C14H11I. The Morgan fingerprint density at radius 1 is 0.800 bits per heavy atom. The first kappa shape index (κ1) is 10.4. The summed E-state index contributed by atoms with van der Waals surface area (Å²) in [6.07, 6.45) is 2.19. The second-order valence-electron chi connectivity index (χ2n) is 3.27. The van der Waals surface area contributed by atoms with Gasteiger partial charge in [-0.2, -0.15) is 0 Å². The summed E-state index contributed by atoms with van der Waals surface area (Å²) in [5, 5.41) is 0. The molecular weight excluding hydrogens is 295 g/mol. The Hall–Kier alpha value is -1.09. The van der Waals surface area contributed by atoms with Crippen molar-refractivity contribution in [3.05, 3.63) is 71.8 Å². The zero-order valence-corrected chi connectivity index (χ0v) is 10.4. The number of hydrogen-bond donors (Lipinski definition) is 0. The highest BCUT2D eigenvalue weighted by Crippen LogP contribution is 2.24. The van der Waals surface area contributed by atoms with Crippen LogP contribution in [0.4, 0.5) is 0 Å². The van der Waals surface area contributed by atoms with Gasteiger partial charge < -0.3 is 0 Å². The van der Waals surface area contributed by atoms with Crippen LogP contribution in [0.2, 0.25) is 0 Å². The molecule has 0 nitrogen and oxygen atoms in total. The molecule has 2 aromatic rings. The molecule has 0 amide bonds. The minimum atomic E-state index is 1.24. The predicted octanol–water partition coefficient (Wildman–Crippen LogP) is 4.62. The van der Waals surface area contributed by atoms with Gasteiger partial charge in [0.25, 0.3) is 0 Å². The summed E-state index contributed by atoms with van der Waals surface area (Å²) in [5.41, 5.74) is 2.51. The van der Waals surface area contributed by atoms with E-state index in [1.807, 2.05) is 12.1 Å². The van der Waals surface area contributed by atoms with Crippen molar-refractivity contribution in [1.82, 2.24) is 0 Å². The molecule has 0 atom stereocenters. The van der Waals surface area contributed by atoms with Crippen LogP contribution in [-0.2, 0) is 0 Å². The second-order valence-corrected chi connectivity index (χ2v) is 4.43. The van der Waals surface area contributed by atoms with E-state index in [0.29, 0.717) is 0 Å². The van der Waals surface area contributed by atoms with Gasteiger partial charge in [-0.05, 0) is 39.8 Å². The van der Waals surface area contributed by atoms with E-state index in [0.717, 1.165) is 0 Å². The molecule has 0 saturated heterocycles. The third-order valence-electron chi connectivity index (χ3n) is 2.14. The summed E-state index contributed by atoms with van der Waals surface area (Å²) in [5.74, 6) is 0. The molecule has 1 heteroatoms. The van der Waals surface area contributed by atoms with Gasteiger partial charge in [0.15, 0.2) is 0 Å². The molecule has 0 N–H and O–H groups in total. The summed E-state index contributed by atoms with van der Waals surface area (Å²) in [7, 11) is 0. The summed E-state index contributed by atoms with van der Waals surface area (Å²) in [6.45, 7) is 0. The van der Waals surface area contributed by atoms with Gasteiger partial charge >= 0.3 is 0 Å². The van der Waals surface area contributed by atoms with Crippen LogP contribution >= 0.6 is 22.6 Å². The molecule has 0 fully saturated rings. The van der Waals surface area contributed by atoms with Crippen molar-refractivity contribution in [2.45, 2.75) is 0 Å². The molecule has 0 aliphatic rings. The number of rotatable bonds is 2. The maximum Gasteiger partial charge on any atom is 0.0208 e. The van der Waals surface area contributed by atoms with Crippen molar-refractivity contribution in [3.8, 4) is 0 Å². The molecule has 15 heavy (non-hydrogen) atoms. The molecule has 0 heterocycles. The molecule has 0 aliphatic heterocycles. The maximum absolute atomic E-state index is 2.37. The zero-order valence-electron chi connectivity index (χ0n) is 8.23. The van der Waals surface area contributed by atoms with E-state index in [9.17, 15) is 0 Å². The van der Waals surface area contributed by atoms with Crippen LogP contribution < -0.4 is 0 Å². The molecule has 0 saturated carbocycles. The first-order chi connectivity index (χ1) is 7.36. The Labute approximate surface area is 104 Å². The van der Waals surface area contributed by atoms with E-state index >= 15 is 0 Å². The predicted molar refractivity (Wildman–Crippen MR) is 74.8 cm³/mol. The monoisotopic (exact) mass is 306 g/mol. The Bertz CT molecular complexity index is 443. The molecule has 2 rings (SSSR count). The smallest absolute Gasteiger partial charge is 0.0208 e. The highest BCUT2D eigenvalue weighted by Gasteiger charge is 1.95. The van der Waals surface area contributed by atoms with Crippen molar-refractivity contribution in [1.29, 1.82) is 0 Å². The van der Waals surface area contributed by atoms with Crippen molar-refractivity contribution in [2.75, 3.05) is 0 Å². The quantitative estimate of drug-likeness (QED) is 0.561. The fourth-order valence-corrected chi connectivity index (χ4v) is 2.10. The summed E-state index contributed by atoms with van der Waals surface area (Å²) in [6, 6.07) is 20.8. The van der Waals surface area contributed by atoms with Crippen molar-refractivity contribution < 1.29 is 0 Å². The van der Waals surface area contributed by atoms with Gasteiger partial charge in [0.2, 0.25) is 0 Å². The minimum absolute atomic E-state index is 1.24. The summed E-state index contributed by atoms with van der Waals surface area (Å²) >= 11 is 2.37. The highest BCUT2D eigenvalue weighted by atomic mass is 127. The van der Waals surface area contributed by atoms with E-state index in [1.54, 1.807) is 0 Å². The van der Waals surface area contributed by atoms with Crippen LogP contribution in [0.5, 0.6) is 0 Å². The Balaban J connectivity index is 2.29. The third-order valence-corrected chi connectivity index (χ3v) is 3.08. The number of hydrogen-bond acceptors (Lipinski definition) is 0. The lowest BCUT2D eigenvalue weighted by Crippen LogP contribution is -1.75. The third kappa shape index (κ3) is 2.93. The van der Waals surface area contributed by atoms with Gasteiger partial charge in [-0.1, -0.05) is 60.7 Å². The molecule has 0 aliphatic carbocycles. The van der Waals surface area contributed by atoms with Crippen molar-refractivity contribution in [2.24, 2.45) is 0 Å². The topological polar surface area (TPSA) is 0 Å². The molecule has 2 aromatic carbocycles. The molecule has 0 bridgehead atoms. The molecule has 0 spiro atoms. The Kier molecular flexibility index (Phi) is 3.56. The highest BCUT2D eigenvalue weighted by molar-refractivity contribution is 14.1. The second kappa shape index (κ2) is 5.12. The van der Waals surface area contributed by atoms with Crippen LogP contribution in [-0.4, -0.2) is 0 Å². The van der Waals surface area contributed by atoms with Gasteiger partial charge in [0, 0.05) is 3.58 Å². The summed E-state index contributed by atoms with van der Waals surface area (Å²) in [4.78, 5) is 0. The van der Waals surface area contributed by atoms with Gasteiger partial charge in [0.05, 0.1) is 0 Å². The van der Waals surface area contributed by atoms with Crippen molar-refractivity contribution in [3.63, 3.8) is 0 Å². The van der Waals surface area contributed by atoms with Gasteiger partial charge in [-0.25, -0.2) is 0 Å². The fraction of sp³-hybridized carbons (Fsp3) is 0.